The maximum atomic E-state index is 12.1. The molecule has 6 N–H and O–H groups in total. The number of benzene rings is 1. The van der Waals surface area contributed by atoms with Crippen molar-refractivity contribution in [1.29, 1.82) is 0 Å². The zero-order chi connectivity index (χ0) is 19.9. The summed E-state index contributed by atoms with van der Waals surface area (Å²) < 4.78 is 0. The molecule has 0 bridgehead atoms. The number of hydrogen-bond acceptors (Lipinski definition) is 7. The van der Waals surface area contributed by atoms with Crippen LogP contribution >= 0.6 is 0 Å². The fourth-order valence-electron chi connectivity index (χ4n) is 3.32. The molecular weight excluding hydrogens is 360 g/mol. The number of aliphatic carboxylic acids is 1. The fraction of sp³-hybridized carbons (Fsp3) is 0.526. The summed E-state index contributed by atoms with van der Waals surface area (Å²) in [7, 11) is 0. The Balaban J connectivity index is 1.47. The minimum Gasteiger partial charge on any atom is -0.480 e. The third kappa shape index (κ3) is 5.35. The van der Waals surface area contributed by atoms with E-state index in [1.165, 1.54) is 0 Å². The Hall–Kier alpha value is -2.81. The standard InChI is InChI=1S/C19H28N6O3/c20-16(18(27)28)12-23-17(26)13-2-4-15(5-3-13)25-10-6-14(7-11-25)24-19-21-8-1-9-22-19/h2-5,14,16H,1,6-12,20H2,(H,23,26)(H,27,28)(H2,21,22,24)/t16-/m0/s1. The highest BCUT2D eigenvalue weighted by Crippen LogP contribution is 2.20. The summed E-state index contributed by atoms with van der Waals surface area (Å²) in [5.41, 5.74) is 6.96. The van der Waals surface area contributed by atoms with Gasteiger partial charge in [-0.05, 0) is 43.5 Å². The molecule has 0 saturated carbocycles. The molecule has 1 fully saturated rings. The molecule has 9 heteroatoms. The van der Waals surface area contributed by atoms with Crippen molar-refractivity contribution in [1.82, 2.24) is 16.0 Å². The van der Waals surface area contributed by atoms with Gasteiger partial charge in [-0.2, -0.15) is 0 Å². The van der Waals surface area contributed by atoms with Crippen LogP contribution in [0.25, 0.3) is 0 Å². The molecule has 1 saturated heterocycles. The molecule has 0 aromatic heterocycles. The molecule has 0 aliphatic carbocycles. The Morgan fingerprint density at radius 2 is 2.00 bits per heavy atom. The summed E-state index contributed by atoms with van der Waals surface area (Å²) in [6.07, 6.45) is 3.13. The predicted octanol–water partition coefficient (Wildman–Crippen LogP) is -0.264. The second-order valence-corrected chi connectivity index (χ2v) is 7.12. The molecule has 152 valence electrons. The number of hydrogen-bond donors (Lipinski definition) is 5. The summed E-state index contributed by atoms with van der Waals surface area (Å²) >= 11 is 0. The van der Waals surface area contributed by atoms with E-state index in [0.29, 0.717) is 11.6 Å². The molecule has 0 spiro atoms. The summed E-state index contributed by atoms with van der Waals surface area (Å²) in [6.45, 7) is 3.63. The highest BCUT2D eigenvalue weighted by molar-refractivity contribution is 5.94. The highest BCUT2D eigenvalue weighted by Gasteiger charge is 2.21. The van der Waals surface area contributed by atoms with Gasteiger partial charge in [-0.15, -0.1) is 0 Å². The third-order valence-electron chi connectivity index (χ3n) is 5.03. The molecule has 2 aliphatic rings. The van der Waals surface area contributed by atoms with Gasteiger partial charge in [-0.25, -0.2) is 0 Å². The second-order valence-electron chi connectivity index (χ2n) is 7.12. The molecule has 1 amide bonds. The smallest absolute Gasteiger partial charge is 0.322 e. The minimum absolute atomic E-state index is 0.101. The van der Waals surface area contributed by atoms with Gasteiger partial charge in [-0.1, -0.05) is 0 Å². The van der Waals surface area contributed by atoms with Crippen molar-refractivity contribution in [3.63, 3.8) is 0 Å². The summed E-state index contributed by atoms with van der Waals surface area (Å²) in [5.74, 6) is -0.547. The van der Waals surface area contributed by atoms with Crippen LogP contribution in [0.5, 0.6) is 0 Å². The average molecular weight is 388 g/mol. The van der Waals surface area contributed by atoms with Crippen molar-refractivity contribution < 1.29 is 14.7 Å². The number of carbonyl (C=O) groups is 2. The van der Waals surface area contributed by atoms with Crippen molar-refractivity contribution in [3.05, 3.63) is 29.8 Å². The number of aliphatic imine (C=N–C) groups is 1. The van der Waals surface area contributed by atoms with Gasteiger partial charge >= 0.3 is 5.97 Å². The number of nitrogens with one attached hydrogen (secondary N) is 3. The van der Waals surface area contributed by atoms with Crippen LogP contribution in [-0.2, 0) is 4.79 Å². The first kappa shape index (κ1) is 19.9. The highest BCUT2D eigenvalue weighted by atomic mass is 16.4. The lowest BCUT2D eigenvalue weighted by atomic mass is 10.0. The topological polar surface area (TPSA) is 132 Å². The van der Waals surface area contributed by atoms with E-state index in [-0.39, 0.29) is 12.5 Å². The van der Waals surface area contributed by atoms with Crippen LogP contribution in [0.1, 0.15) is 29.6 Å². The Kier molecular flexibility index (Phi) is 6.70. The predicted molar refractivity (Wildman–Crippen MR) is 108 cm³/mol. The van der Waals surface area contributed by atoms with E-state index in [4.69, 9.17) is 10.8 Å². The number of piperidine rings is 1. The van der Waals surface area contributed by atoms with Crippen molar-refractivity contribution >= 4 is 23.5 Å². The zero-order valence-electron chi connectivity index (χ0n) is 15.9. The maximum Gasteiger partial charge on any atom is 0.322 e. The number of guanidine groups is 1. The van der Waals surface area contributed by atoms with E-state index in [1.807, 2.05) is 12.1 Å². The van der Waals surface area contributed by atoms with Gasteiger partial charge in [0.2, 0.25) is 0 Å². The molecule has 9 nitrogen and oxygen atoms in total. The molecule has 1 aromatic carbocycles. The molecule has 0 radical (unpaired) electrons. The van der Waals surface area contributed by atoms with Gasteiger partial charge < -0.3 is 31.7 Å². The average Bonchev–Trinajstić information content (AvgIpc) is 2.73. The fourth-order valence-corrected chi connectivity index (χ4v) is 3.32. The van der Waals surface area contributed by atoms with Crippen LogP contribution in [0.2, 0.25) is 0 Å². The van der Waals surface area contributed by atoms with Crippen LogP contribution in [0.15, 0.2) is 29.3 Å². The Morgan fingerprint density at radius 1 is 1.29 bits per heavy atom. The van der Waals surface area contributed by atoms with Crippen molar-refractivity contribution in [2.45, 2.75) is 31.3 Å². The number of anilines is 1. The molecule has 1 aromatic rings. The van der Waals surface area contributed by atoms with Crippen LogP contribution in [0.3, 0.4) is 0 Å². The number of nitrogens with zero attached hydrogens (tertiary/aromatic N) is 2. The lowest BCUT2D eigenvalue weighted by Crippen LogP contribution is -2.50. The molecule has 3 rings (SSSR count). The first-order valence-corrected chi connectivity index (χ1v) is 9.69. The number of carbonyl (C=O) groups excluding carboxylic acids is 1. The first-order chi connectivity index (χ1) is 13.5. The van der Waals surface area contributed by atoms with Crippen molar-refractivity contribution in [3.8, 4) is 0 Å². The van der Waals surface area contributed by atoms with Gasteiger partial charge in [0, 0.05) is 50.0 Å². The Labute approximate surface area is 164 Å². The monoisotopic (exact) mass is 388 g/mol. The van der Waals surface area contributed by atoms with Crippen LogP contribution < -0.4 is 26.6 Å². The van der Waals surface area contributed by atoms with E-state index < -0.39 is 12.0 Å². The number of rotatable bonds is 6. The second kappa shape index (κ2) is 9.41. The van der Waals surface area contributed by atoms with Gasteiger partial charge in [-0.3, -0.25) is 14.6 Å². The van der Waals surface area contributed by atoms with Crippen LogP contribution in [0.4, 0.5) is 5.69 Å². The molecule has 2 heterocycles. The number of carboxylic acid groups (broad SMARTS) is 1. The maximum absolute atomic E-state index is 12.1. The first-order valence-electron chi connectivity index (χ1n) is 9.69. The van der Waals surface area contributed by atoms with E-state index in [2.05, 4.69) is 25.8 Å². The normalized spacial score (nSPS) is 18.6. The number of amides is 1. The number of nitrogens with two attached hydrogens (primary N) is 1. The van der Waals surface area contributed by atoms with E-state index >= 15 is 0 Å². The summed E-state index contributed by atoms with van der Waals surface area (Å²) in [6, 6.07) is 6.67. The van der Waals surface area contributed by atoms with Crippen LogP contribution in [-0.4, -0.2) is 67.8 Å². The molecule has 28 heavy (non-hydrogen) atoms. The Bertz CT molecular complexity index is 713. The zero-order valence-corrected chi connectivity index (χ0v) is 15.9. The van der Waals surface area contributed by atoms with E-state index in [1.54, 1.807) is 12.1 Å². The van der Waals surface area contributed by atoms with Crippen LogP contribution in [0, 0.1) is 0 Å². The quantitative estimate of drug-likeness (QED) is 0.453. The Morgan fingerprint density at radius 3 is 2.61 bits per heavy atom. The lowest BCUT2D eigenvalue weighted by Gasteiger charge is -2.35. The summed E-state index contributed by atoms with van der Waals surface area (Å²) in [4.78, 5) is 29.6. The van der Waals surface area contributed by atoms with E-state index in [9.17, 15) is 9.59 Å². The molecular formula is C19H28N6O3. The summed E-state index contributed by atoms with van der Waals surface area (Å²) in [5, 5.41) is 18.1. The lowest BCUT2D eigenvalue weighted by molar-refractivity contribution is -0.138. The molecule has 2 aliphatic heterocycles. The van der Waals surface area contributed by atoms with Crippen molar-refractivity contribution in [2.24, 2.45) is 10.7 Å². The molecule has 1 atom stereocenters. The van der Waals surface area contributed by atoms with Gasteiger partial charge in [0.15, 0.2) is 5.96 Å². The van der Waals surface area contributed by atoms with Gasteiger partial charge in [0.25, 0.3) is 5.91 Å². The molecule has 0 unspecified atom stereocenters. The van der Waals surface area contributed by atoms with Gasteiger partial charge in [0.05, 0.1) is 0 Å². The van der Waals surface area contributed by atoms with Crippen molar-refractivity contribution in [2.75, 3.05) is 37.6 Å². The van der Waals surface area contributed by atoms with E-state index in [0.717, 1.165) is 57.1 Å². The number of carboxylic acids is 1. The SMILES string of the molecule is N[C@@H](CNC(=O)c1ccc(N2CCC(NC3=NCCCN3)CC2)cc1)C(=O)O. The largest absolute Gasteiger partial charge is 0.480 e. The third-order valence-corrected chi connectivity index (χ3v) is 5.03. The van der Waals surface area contributed by atoms with Gasteiger partial charge in [0.1, 0.15) is 6.04 Å². The minimum atomic E-state index is -1.14.